The summed E-state index contributed by atoms with van der Waals surface area (Å²) < 4.78 is 40.4. The number of amides is 2. The molecule has 1 aromatic carbocycles. The molecule has 2 aliphatic heterocycles. The molecule has 2 saturated heterocycles. The molecule has 3 fully saturated rings. The third kappa shape index (κ3) is 3.03. The van der Waals surface area contributed by atoms with E-state index in [4.69, 9.17) is 11.6 Å². The van der Waals surface area contributed by atoms with Gasteiger partial charge in [-0.15, -0.1) is 11.3 Å². The van der Waals surface area contributed by atoms with Gasteiger partial charge in [0.1, 0.15) is 4.88 Å². The summed E-state index contributed by atoms with van der Waals surface area (Å²) in [5.74, 6) is -0.209. The second-order valence-corrected chi connectivity index (χ2v) is 9.90. The molecule has 0 unspecified atom stereocenters. The number of likely N-dealkylation sites (tertiary alicyclic amines) is 1. The first-order chi connectivity index (χ1) is 14.1. The van der Waals surface area contributed by atoms with Crippen molar-refractivity contribution in [1.29, 1.82) is 0 Å². The van der Waals surface area contributed by atoms with Crippen molar-refractivity contribution >= 4 is 34.8 Å². The van der Waals surface area contributed by atoms with E-state index in [1.807, 2.05) is 0 Å². The number of carbonyl (C=O) groups excluding carboxylic acids is 2. The largest absolute Gasteiger partial charge is 0.398 e. The number of nitrogens with zero attached hydrogens (tertiary/aromatic N) is 1. The van der Waals surface area contributed by atoms with Crippen molar-refractivity contribution in [3.8, 4) is 10.4 Å². The summed E-state index contributed by atoms with van der Waals surface area (Å²) >= 11 is 7.50. The maximum absolute atomic E-state index is 13.5. The van der Waals surface area contributed by atoms with Gasteiger partial charge in [0, 0.05) is 24.4 Å². The van der Waals surface area contributed by atoms with Crippen LogP contribution in [0.1, 0.15) is 40.9 Å². The lowest BCUT2D eigenvalue weighted by atomic mass is 9.88. The minimum absolute atomic E-state index is 0.00529. The monoisotopic (exact) mass is 454 g/mol. The number of hydrogen-bond acceptors (Lipinski definition) is 3. The summed E-state index contributed by atoms with van der Waals surface area (Å²) in [6.07, 6.45) is -2.89. The fraction of sp³-hybridized carbons (Fsp3) is 0.429. The Morgan fingerprint density at radius 1 is 1.17 bits per heavy atom. The van der Waals surface area contributed by atoms with Gasteiger partial charge in [0.2, 0.25) is 5.91 Å². The molecule has 3 aliphatic rings. The second kappa shape index (κ2) is 6.47. The van der Waals surface area contributed by atoms with Crippen LogP contribution in [0.2, 0.25) is 5.02 Å². The van der Waals surface area contributed by atoms with Crippen LogP contribution < -0.4 is 5.32 Å². The standard InChI is InChI=1S/C21H18ClF3N2O2S/c22-14-9-15(12-2-1-3-13(8-12)20(6-7-20)21(23,24)25)30-17(14)18(29)27-10-19(11-27)5-4-16(28)26-19/h1-3,8-9H,4-7,10-11H2,(H,26,28). The Kier molecular flexibility index (Phi) is 4.29. The number of benzene rings is 1. The highest BCUT2D eigenvalue weighted by molar-refractivity contribution is 7.18. The predicted octanol–water partition coefficient (Wildman–Crippen LogP) is 4.77. The number of alkyl halides is 3. The lowest BCUT2D eigenvalue weighted by Crippen LogP contribution is -2.68. The van der Waals surface area contributed by atoms with E-state index in [0.29, 0.717) is 46.3 Å². The van der Waals surface area contributed by atoms with Crippen LogP contribution in [0, 0.1) is 0 Å². The van der Waals surface area contributed by atoms with E-state index in [-0.39, 0.29) is 35.8 Å². The minimum Gasteiger partial charge on any atom is -0.347 e. The van der Waals surface area contributed by atoms with Crippen LogP contribution in [0.3, 0.4) is 0 Å². The maximum Gasteiger partial charge on any atom is 0.398 e. The molecule has 5 rings (SSSR count). The summed E-state index contributed by atoms with van der Waals surface area (Å²) in [5, 5.41) is 3.22. The maximum atomic E-state index is 13.5. The fourth-order valence-electron chi connectivity index (χ4n) is 4.47. The van der Waals surface area contributed by atoms with Gasteiger partial charge in [-0.2, -0.15) is 13.2 Å². The average Bonchev–Trinajstić information content (AvgIpc) is 3.28. The van der Waals surface area contributed by atoms with Gasteiger partial charge >= 0.3 is 6.18 Å². The number of nitrogens with one attached hydrogen (secondary N) is 1. The van der Waals surface area contributed by atoms with Crippen LogP contribution in [-0.4, -0.2) is 41.5 Å². The van der Waals surface area contributed by atoms with E-state index in [1.165, 1.54) is 17.4 Å². The molecule has 1 aromatic heterocycles. The van der Waals surface area contributed by atoms with Gasteiger partial charge in [-0.3, -0.25) is 9.59 Å². The number of rotatable bonds is 3. The van der Waals surface area contributed by atoms with Gasteiger partial charge in [-0.05, 0) is 42.5 Å². The van der Waals surface area contributed by atoms with E-state index in [2.05, 4.69) is 5.32 Å². The summed E-state index contributed by atoms with van der Waals surface area (Å²) in [6.45, 7) is 0.898. The van der Waals surface area contributed by atoms with Gasteiger partial charge in [0.05, 0.1) is 16.0 Å². The van der Waals surface area contributed by atoms with Gasteiger partial charge in [-0.1, -0.05) is 29.8 Å². The Labute approximate surface area is 180 Å². The molecule has 9 heteroatoms. The lowest BCUT2D eigenvalue weighted by molar-refractivity contribution is -0.160. The van der Waals surface area contributed by atoms with Crippen molar-refractivity contribution < 1.29 is 22.8 Å². The molecule has 2 aromatic rings. The molecular formula is C21H18ClF3N2O2S. The molecule has 2 amide bonds. The van der Waals surface area contributed by atoms with E-state index in [1.54, 1.807) is 29.2 Å². The SMILES string of the molecule is O=C1CCC2(CN(C(=O)c3sc(-c4cccc(C5(C(F)(F)F)CC5)c4)cc3Cl)C2)N1. The number of thiophene rings is 1. The zero-order valence-electron chi connectivity index (χ0n) is 15.8. The lowest BCUT2D eigenvalue weighted by Gasteiger charge is -2.47. The molecule has 1 spiro atoms. The Bertz CT molecular complexity index is 1050. The van der Waals surface area contributed by atoms with Gasteiger partial charge in [0.25, 0.3) is 5.91 Å². The third-order valence-corrected chi connectivity index (χ3v) is 7.97. The Morgan fingerprint density at radius 2 is 1.90 bits per heavy atom. The molecule has 158 valence electrons. The highest BCUT2D eigenvalue weighted by Crippen LogP contribution is 2.59. The number of carbonyl (C=O) groups is 2. The van der Waals surface area contributed by atoms with Crippen molar-refractivity contribution in [2.45, 2.75) is 42.8 Å². The third-order valence-electron chi connectivity index (χ3n) is 6.38. The highest BCUT2D eigenvalue weighted by Gasteiger charge is 2.64. The molecule has 1 N–H and O–H groups in total. The van der Waals surface area contributed by atoms with Crippen LogP contribution in [0.4, 0.5) is 13.2 Å². The first kappa shape index (κ1) is 19.9. The molecule has 1 saturated carbocycles. The molecule has 0 atom stereocenters. The predicted molar refractivity (Wildman–Crippen MR) is 108 cm³/mol. The average molecular weight is 455 g/mol. The summed E-state index contributed by atoms with van der Waals surface area (Å²) in [6, 6.07) is 8.06. The van der Waals surface area contributed by atoms with E-state index < -0.39 is 11.6 Å². The molecule has 0 bridgehead atoms. The Hall–Kier alpha value is -2.06. The van der Waals surface area contributed by atoms with Crippen molar-refractivity contribution in [1.82, 2.24) is 10.2 Å². The molecule has 1 aliphatic carbocycles. The van der Waals surface area contributed by atoms with Gasteiger partial charge in [0.15, 0.2) is 0 Å². The summed E-state index contributed by atoms with van der Waals surface area (Å²) in [7, 11) is 0. The fourth-order valence-corrected chi connectivity index (χ4v) is 5.85. The van der Waals surface area contributed by atoms with Crippen LogP contribution in [0.15, 0.2) is 30.3 Å². The molecule has 30 heavy (non-hydrogen) atoms. The number of halogens is 4. The molecule has 0 radical (unpaired) electrons. The van der Waals surface area contributed by atoms with Gasteiger partial charge < -0.3 is 10.2 Å². The molecule has 3 heterocycles. The zero-order chi connectivity index (χ0) is 21.3. The van der Waals surface area contributed by atoms with Crippen LogP contribution in [0.5, 0.6) is 0 Å². The quantitative estimate of drug-likeness (QED) is 0.726. The van der Waals surface area contributed by atoms with E-state index in [9.17, 15) is 22.8 Å². The van der Waals surface area contributed by atoms with Crippen molar-refractivity contribution in [2.24, 2.45) is 0 Å². The van der Waals surface area contributed by atoms with Crippen molar-refractivity contribution in [2.75, 3.05) is 13.1 Å². The summed E-state index contributed by atoms with van der Waals surface area (Å²) in [4.78, 5) is 27.0. The highest BCUT2D eigenvalue weighted by atomic mass is 35.5. The smallest absolute Gasteiger partial charge is 0.347 e. The van der Waals surface area contributed by atoms with Crippen LogP contribution in [-0.2, 0) is 10.2 Å². The Balaban J connectivity index is 1.37. The Morgan fingerprint density at radius 3 is 2.50 bits per heavy atom. The van der Waals surface area contributed by atoms with Crippen LogP contribution >= 0.6 is 22.9 Å². The van der Waals surface area contributed by atoms with Crippen LogP contribution in [0.25, 0.3) is 10.4 Å². The van der Waals surface area contributed by atoms with Crippen molar-refractivity contribution in [3.63, 3.8) is 0 Å². The van der Waals surface area contributed by atoms with Crippen molar-refractivity contribution in [3.05, 3.63) is 45.8 Å². The second-order valence-electron chi connectivity index (χ2n) is 8.44. The van der Waals surface area contributed by atoms with Gasteiger partial charge in [-0.25, -0.2) is 0 Å². The first-order valence-electron chi connectivity index (χ1n) is 9.70. The topological polar surface area (TPSA) is 49.4 Å². The normalized spacial score (nSPS) is 21.5. The zero-order valence-corrected chi connectivity index (χ0v) is 17.4. The summed E-state index contributed by atoms with van der Waals surface area (Å²) in [5.41, 5.74) is -1.19. The number of hydrogen-bond donors (Lipinski definition) is 1. The molecule has 4 nitrogen and oxygen atoms in total. The minimum atomic E-state index is -4.27. The van der Waals surface area contributed by atoms with E-state index >= 15 is 0 Å². The first-order valence-corrected chi connectivity index (χ1v) is 10.9. The molecular weight excluding hydrogens is 437 g/mol. The van der Waals surface area contributed by atoms with E-state index in [0.717, 1.165) is 0 Å².